The summed E-state index contributed by atoms with van der Waals surface area (Å²) in [5, 5.41) is 0.723. The molecule has 110 valence electrons. The average molecular weight is 321 g/mol. The van der Waals surface area contributed by atoms with Crippen molar-refractivity contribution in [1.82, 2.24) is 9.97 Å². The minimum atomic E-state index is -0.0476. The molecule has 1 heterocycles. The predicted octanol–water partition coefficient (Wildman–Crippen LogP) is 4.37. The van der Waals surface area contributed by atoms with E-state index in [1.807, 2.05) is 24.3 Å². The first kappa shape index (κ1) is 14.7. The van der Waals surface area contributed by atoms with Crippen molar-refractivity contribution in [2.24, 2.45) is 0 Å². The summed E-state index contributed by atoms with van der Waals surface area (Å²) in [7, 11) is 0. The van der Waals surface area contributed by atoms with Gasteiger partial charge in [-0.1, -0.05) is 30.5 Å². The average Bonchev–Trinajstić information content (AvgIpc) is 2.99. The van der Waals surface area contributed by atoms with Crippen molar-refractivity contribution >= 4 is 23.4 Å². The van der Waals surface area contributed by atoms with E-state index in [9.17, 15) is 4.79 Å². The second-order valence-corrected chi connectivity index (χ2v) is 6.83. The number of nitrogens with zero attached hydrogens (tertiary/aromatic N) is 1. The molecule has 1 fully saturated rings. The number of rotatable bonds is 4. The van der Waals surface area contributed by atoms with Crippen LogP contribution in [0.15, 0.2) is 40.0 Å². The van der Waals surface area contributed by atoms with Crippen LogP contribution >= 0.6 is 23.4 Å². The molecule has 1 aliphatic rings. The van der Waals surface area contributed by atoms with E-state index in [4.69, 9.17) is 11.6 Å². The fourth-order valence-electron chi connectivity index (χ4n) is 2.74. The molecule has 0 aliphatic heterocycles. The van der Waals surface area contributed by atoms with E-state index in [-0.39, 0.29) is 5.56 Å². The number of halogens is 1. The van der Waals surface area contributed by atoms with Crippen molar-refractivity contribution in [1.29, 1.82) is 0 Å². The van der Waals surface area contributed by atoms with Crippen molar-refractivity contribution < 1.29 is 0 Å². The normalized spacial score (nSPS) is 15.5. The molecule has 0 amide bonds. The Labute approximate surface area is 133 Å². The van der Waals surface area contributed by atoms with Crippen LogP contribution in [0.25, 0.3) is 0 Å². The third kappa shape index (κ3) is 3.89. The van der Waals surface area contributed by atoms with E-state index in [0.717, 1.165) is 34.3 Å². The molecular weight excluding hydrogens is 304 g/mol. The van der Waals surface area contributed by atoms with Gasteiger partial charge in [0.1, 0.15) is 5.82 Å². The van der Waals surface area contributed by atoms with Crippen LogP contribution in [-0.2, 0) is 5.75 Å². The Morgan fingerprint density at radius 2 is 2.10 bits per heavy atom. The largest absolute Gasteiger partial charge is 0.310 e. The smallest absolute Gasteiger partial charge is 0.251 e. The van der Waals surface area contributed by atoms with Crippen molar-refractivity contribution in [3.05, 3.63) is 57.2 Å². The van der Waals surface area contributed by atoms with E-state index >= 15 is 0 Å². The molecule has 21 heavy (non-hydrogen) atoms. The van der Waals surface area contributed by atoms with E-state index < -0.39 is 0 Å². The summed E-state index contributed by atoms with van der Waals surface area (Å²) in [6, 6.07) is 9.37. The number of aromatic amines is 1. The van der Waals surface area contributed by atoms with E-state index in [1.54, 1.807) is 17.8 Å². The summed E-state index contributed by atoms with van der Waals surface area (Å²) < 4.78 is 0. The highest BCUT2D eigenvalue weighted by atomic mass is 35.5. The third-order valence-electron chi connectivity index (χ3n) is 3.76. The maximum absolute atomic E-state index is 11.8. The SMILES string of the molecule is O=c1cc(C2CCCC2)nc(CSc2cccc(Cl)c2)[nH]1. The van der Waals surface area contributed by atoms with Gasteiger partial charge in [0, 0.05) is 21.9 Å². The van der Waals surface area contributed by atoms with Crippen molar-refractivity contribution in [3.63, 3.8) is 0 Å². The van der Waals surface area contributed by atoms with Gasteiger partial charge >= 0.3 is 0 Å². The molecule has 0 spiro atoms. The Balaban J connectivity index is 1.74. The molecule has 1 aromatic carbocycles. The monoisotopic (exact) mass is 320 g/mol. The Morgan fingerprint density at radius 3 is 2.86 bits per heavy atom. The lowest BCUT2D eigenvalue weighted by atomic mass is 10.0. The van der Waals surface area contributed by atoms with Crippen molar-refractivity contribution in [2.75, 3.05) is 0 Å². The first-order valence-corrected chi connectivity index (χ1v) is 8.55. The zero-order valence-corrected chi connectivity index (χ0v) is 13.2. The van der Waals surface area contributed by atoms with Gasteiger partial charge in [0.05, 0.1) is 11.4 Å². The molecule has 0 radical (unpaired) electrons. The highest BCUT2D eigenvalue weighted by Crippen LogP contribution is 2.32. The van der Waals surface area contributed by atoms with Crippen molar-refractivity contribution in [2.45, 2.75) is 42.2 Å². The first-order chi connectivity index (χ1) is 10.2. The molecule has 0 atom stereocenters. The van der Waals surface area contributed by atoms with Gasteiger partial charge < -0.3 is 4.98 Å². The van der Waals surface area contributed by atoms with E-state index in [0.29, 0.717) is 11.7 Å². The Kier molecular flexibility index (Phi) is 4.66. The summed E-state index contributed by atoms with van der Waals surface area (Å²) in [5.74, 6) is 1.85. The molecule has 1 saturated carbocycles. The number of nitrogens with one attached hydrogen (secondary N) is 1. The highest BCUT2D eigenvalue weighted by molar-refractivity contribution is 7.98. The van der Waals surface area contributed by atoms with Crippen LogP contribution in [0.2, 0.25) is 5.02 Å². The quantitative estimate of drug-likeness (QED) is 0.851. The van der Waals surface area contributed by atoms with Crippen LogP contribution in [-0.4, -0.2) is 9.97 Å². The summed E-state index contributed by atoms with van der Waals surface area (Å²) in [6.45, 7) is 0. The molecule has 1 aromatic heterocycles. The Bertz CT molecular complexity index is 680. The standard InChI is InChI=1S/C16H17ClN2OS/c17-12-6-3-7-13(8-12)21-10-15-18-14(9-16(20)19-15)11-4-1-2-5-11/h3,6-9,11H,1-2,4-5,10H2,(H,18,19,20). The molecule has 0 bridgehead atoms. The molecule has 1 aliphatic carbocycles. The van der Waals surface area contributed by atoms with Gasteiger partial charge in [-0.25, -0.2) is 4.98 Å². The van der Waals surface area contributed by atoms with Gasteiger partial charge in [0.25, 0.3) is 5.56 Å². The number of hydrogen-bond donors (Lipinski definition) is 1. The van der Waals surface area contributed by atoms with Gasteiger partial charge in [-0.15, -0.1) is 11.8 Å². The van der Waals surface area contributed by atoms with Crippen LogP contribution in [0, 0.1) is 0 Å². The number of H-pyrrole nitrogens is 1. The highest BCUT2D eigenvalue weighted by Gasteiger charge is 2.19. The Hall–Kier alpha value is -1.26. The van der Waals surface area contributed by atoms with Gasteiger partial charge in [0.15, 0.2) is 0 Å². The van der Waals surface area contributed by atoms with Crippen LogP contribution in [0.4, 0.5) is 0 Å². The number of benzene rings is 1. The van der Waals surface area contributed by atoms with Crippen molar-refractivity contribution in [3.8, 4) is 0 Å². The lowest BCUT2D eigenvalue weighted by Gasteiger charge is -2.09. The van der Waals surface area contributed by atoms with Gasteiger partial charge in [-0.2, -0.15) is 0 Å². The van der Waals surface area contributed by atoms with Crippen LogP contribution in [0.3, 0.4) is 0 Å². The zero-order valence-electron chi connectivity index (χ0n) is 11.6. The fourth-order valence-corrected chi connectivity index (χ4v) is 3.82. The first-order valence-electron chi connectivity index (χ1n) is 7.19. The summed E-state index contributed by atoms with van der Waals surface area (Å²) in [4.78, 5) is 20.4. The minimum absolute atomic E-state index is 0.0476. The van der Waals surface area contributed by atoms with E-state index in [2.05, 4.69) is 9.97 Å². The predicted molar refractivity (Wildman–Crippen MR) is 87.1 cm³/mol. The molecule has 0 saturated heterocycles. The molecule has 2 aromatic rings. The Morgan fingerprint density at radius 1 is 1.29 bits per heavy atom. The van der Waals surface area contributed by atoms with Crippen LogP contribution in [0.1, 0.15) is 43.1 Å². The van der Waals surface area contributed by atoms with Gasteiger partial charge in [-0.3, -0.25) is 4.79 Å². The van der Waals surface area contributed by atoms with Crippen LogP contribution in [0.5, 0.6) is 0 Å². The zero-order chi connectivity index (χ0) is 14.7. The second-order valence-electron chi connectivity index (χ2n) is 5.34. The minimum Gasteiger partial charge on any atom is -0.310 e. The number of aromatic nitrogens is 2. The van der Waals surface area contributed by atoms with Gasteiger partial charge in [0.2, 0.25) is 0 Å². The molecule has 5 heteroatoms. The summed E-state index contributed by atoms with van der Waals surface area (Å²) in [6.07, 6.45) is 4.78. The molecular formula is C16H17ClN2OS. The topological polar surface area (TPSA) is 45.8 Å². The molecule has 1 N–H and O–H groups in total. The maximum Gasteiger partial charge on any atom is 0.251 e. The third-order valence-corrected chi connectivity index (χ3v) is 5.00. The van der Waals surface area contributed by atoms with Gasteiger partial charge in [-0.05, 0) is 31.0 Å². The molecule has 3 nitrogen and oxygen atoms in total. The molecule has 3 rings (SSSR count). The summed E-state index contributed by atoms with van der Waals surface area (Å²) in [5.41, 5.74) is 0.909. The van der Waals surface area contributed by atoms with Crippen LogP contribution < -0.4 is 5.56 Å². The lowest BCUT2D eigenvalue weighted by Crippen LogP contribution is -2.13. The fraction of sp³-hybridized carbons (Fsp3) is 0.375. The maximum atomic E-state index is 11.8. The number of thioether (sulfide) groups is 1. The summed E-state index contributed by atoms with van der Waals surface area (Å²) >= 11 is 7.61. The molecule has 0 unspecified atom stereocenters. The van der Waals surface area contributed by atoms with E-state index in [1.165, 1.54) is 12.8 Å². The lowest BCUT2D eigenvalue weighted by molar-refractivity contribution is 0.685. The second kappa shape index (κ2) is 6.67. The number of hydrogen-bond acceptors (Lipinski definition) is 3.